The largest absolute Gasteiger partial charge is 0.341 e. The van der Waals surface area contributed by atoms with Crippen LogP contribution in [0.2, 0.25) is 5.02 Å². The second-order valence-electron chi connectivity index (χ2n) is 7.90. The van der Waals surface area contributed by atoms with Gasteiger partial charge in [-0.2, -0.15) is 0 Å². The molecule has 28 heavy (non-hydrogen) atoms. The third kappa shape index (κ3) is 3.75. The number of halogens is 1. The van der Waals surface area contributed by atoms with E-state index in [1.54, 1.807) is 0 Å². The molecule has 6 heteroatoms. The highest BCUT2D eigenvalue weighted by Crippen LogP contribution is 2.24. The molecular weight excluding hydrogens is 370 g/mol. The molecule has 0 amide bonds. The van der Waals surface area contributed by atoms with E-state index in [4.69, 9.17) is 16.6 Å². The van der Waals surface area contributed by atoms with Gasteiger partial charge in [0.25, 0.3) is 0 Å². The Labute approximate surface area is 170 Å². The van der Waals surface area contributed by atoms with E-state index >= 15 is 0 Å². The lowest BCUT2D eigenvalue weighted by atomic mass is 10.1. The minimum Gasteiger partial charge on any atom is -0.341 e. The number of rotatable bonds is 4. The molecule has 2 aliphatic heterocycles. The summed E-state index contributed by atoms with van der Waals surface area (Å²) in [6, 6.07) is 17.1. The van der Waals surface area contributed by atoms with Gasteiger partial charge in [-0.1, -0.05) is 35.9 Å². The minimum absolute atomic E-state index is 0.630. The molecule has 0 unspecified atom stereocenters. The number of hydrogen-bond acceptors (Lipinski definition) is 4. The van der Waals surface area contributed by atoms with Crippen molar-refractivity contribution in [3.63, 3.8) is 0 Å². The number of hydrogen-bond donors (Lipinski definition) is 1. The first-order valence-corrected chi connectivity index (χ1v) is 10.5. The van der Waals surface area contributed by atoms with Crippen LogP contribution < -0.4 is 4.90 Å². The van der Waals surface area contributed by atoms with Gasteiger partial charge in [-0.05, 0) is 36.2 Å². The Morgan fingerprint density at radius 1 is 0.964 bits per heavy atom. The molecule has 1 aromatic heterocycles. The Bertz CT molecular complexity index is 897. The summed E-state index contributed by atoms with van der Waals surface area (Å²) in [5.74, 6) is 1.02. The molecule has 3 heterocycles. The lowest BCUT2D eigenvalue weighted by Gasteiger charge is -2.38. The number of piperazine rings is 1. The summed E-state index contributed by atoms with van der Waals surface area (Å²) in [6.45, 7) is 7.71. The van der Waals surface area contributed by atoms with Crippen molar-refractivity contribution in [2.75, 3.05) is 44.2 Å². The van der Waals surface area contributed by atoms with Gasteiger partial charge in [-0.15, -0.1) is 0 Å². The predicted octanol–water partition coefficient (Wildman–Crippen LogP) is 3.61. The van der Waals surface area contributed by atoms with Crippen LogP contribution in [-0.2, 0) is 6.54 Å². The van der Waals surface area contributed by atoms with Crippen LogP contribution in [0.4, 0.5) is 5.95 Å². The summed E-state index contributed by atoms with van der Waals surface area (Å²) in [6.07, 6.45) is 1.22. The normalized spacial score (nSPS) is 21.6. The van der Waals surface area contributed by atoms with Crippen molar-refractivity contribution in [3.8, 4) is 0 Å². The number of aromatic nitrogens is 2. The number of nitrogens with one attached hydrogen (secondary N) is 1. The SMILES string of the molecule is Clc1ccc(CN2CCN([C@H]3CCN(c4nc5ccccc5[nH]4)C3)CC2)cc1. The molecule has 2 saturated heterocycles. The van der Waals surface area contributed by atoms with E-state index in [0.29, 0.717) is 6.04 Å². The quantitative estimate of drug-likeness (QED) is 0.732. The summed E-state index contributed by atoms with van der Waals surface area (Å²) < 4.78 is 0. The average Bonchev–Trinajstić information content (AvgIpc) is 3.37. The van der Waals surface area contributed by atoms with Gasteiger partial charge < -0.3 is 9.88 Å². The fourth-order valence-corrected chi connectivity index (χ4v) is 4.58. The van der Waals surface area contributed by atoms with E-state index in [-0.39, 0.29) is 0 Å². The fraction of sp³-hybridized carbons (Fsp3) is 0.409. The Balaban J connectivity index is 1.15. The summed E-state index contributed by atoms with van der Waals surface area (Å²) in [5.41, 5.74) is 3.52. The molecule has 5 rings (SSSR count). The van der Waals surface area contributed by atoms with Crippen molar-refractivity contribution in [2.24, 2.45) is 0 Å². The molecule has 1 N–H and O–H groups in total. The minimum atomic E-state index is 0.630. The van der Waals surface area contributed by atoms with Crippen molar-refractivity contribution in [1.29, 1.82) is 0 Å². The number of aromatic amines is 1. The molecular formula is C22H26ClN5. The van der Waals surface area contributed by atoms with Crippen molar-refractivity contribution in [2.45, 2.75) is 19.0 Å². The molecule has 0 aliphatic carbocycles. The van der Waals surface area contributed by atoms with Crippen LogP contribution in [0.1, 0.15) is 12.0 Å². The maximum atomic E-state index is 5.99. The van der Waals surface area contributed by atoms with Gasteiger partial charge >= 0.3 is 0 Å². The van der Waals surface area contributed by atoms with Crippen molar-refractivity contribution in [1.82, 2.24) is 19.8 Å². The van der Waals surface area contributed by atoms with Gasteiger partial charge in [-0.3, -0.25) is 9.80 Å². The van der Waals surface area contributed by atoms with Crippen LogP contribution in [0, 0.1) is 0 Å². The van der Waals surface area contributed by atoms with Crippen LogP contribution in [0.5, 0.6) is 0 Å². The molecule has 0 radical (unpaired) electrons. The Morgan fingerprint density at radius 2 is 1.75 bits per heavy atom. The van der Waals surface area contributed by atoms with E-state index in [2.05, 4.69) is 50.0 Å². The average molecular weight is 396 g/mol. The van der Waals surface area contributed by atoms with Gasteiger partial charge in [0.05, 0.1) is 11.0 Å². The second kappa shape index (κ2) is 7.74. The predicted molar refractivity (Wildman–Crippen MR) is 115 cm³/mol. The lowest BCUT2D eigenvalue weighted by molar-refractivity contribution is 0.0987. The number of fused-ring (bicyclic) bond motifs is 1. The topological polar surface area (TPSA) is 38.4 Å². The molecule has 2 aromatic carbocycles. The first-order valence-electron chi connectivity index (χ1n) is 10.2. The lowest BCUT2D eigenvalue weighted by Crippen LogP contribution is -2.50. The molecule has 146 valence electrons. The van der Waals surface area contributed by atoms with Crippen LogP contribution in [0.15, 0.2) is 48.5 Å². The maximum Gasteiger partial charge on any atom is 0.203 e. The van der Waals surface area contributed by atoms with E-state index in [0.717, 1.165) is 67.8 Å². The standard InChI is InChI=1S/C22H26ClN5/c23-18-7-5-17(6-8-18)15-26-11-13-27(14-12-26)19-9-10-28(16-19)22-24-20-3-1-2-4-21(20)25-22/h1-8,19H,9-16H2,(H,24,25)/t19-/m0/s1. The smallest absolute Gasteiger partial charge is 0.203 e. The highest BCUT2D eigenvalue weighted by atomic mass is 35.5. The fourth-order valence-electron chi connectivity index (χ4n) is 4.46. The monoisotopic (exact) mass is 395 g/mol. The van der Waals surface area contributed by atoms with E-state index in [1.165, 1.54) is 12.0 Å². The Kier molecular flexibility index (Phi) is 4.97. The number of benzene rings is 2. The summed E-state index contributed by atoms with van der Waals surface area (Å²) in [7, 11) is 0. The van der Waals surface area contributed by atoms with Crippen molar-refractivity contribution < 1.29 is 0 Å². The zero-order chi connectivity index (χ0) is 18.9. The molecule has 3 aromatic rings. The first-order chi connectivity index (χ1) is 13.7. The number of para-hydroxylation sites is 2. The van der Waals surface area contributed by atoms with E-state index in [9.17, 15) is 0 Å². The van der Waals surface area contributed by atoms with Crippen LogP contribution in [0.3, 0.4) is 0 Å². The molecule has 1 atom stereocenters. The molecule has 2 fully saturated rings. The van der Waals surface area contributed by atoms with Crippen molar-refractivity contribution in [3.05, 3.63) is 59.1 Å². The van der Waals surface area contributed by atoms with Gasteiger partial charge in [0.2, 0.25) is 5.95 Å². The first kappa shape index (κ1) is 18.0. The molecule has 2 aliphatic rings. The van der Waals surface area contributed by atoms with Crippen LogP contribution in [0.25, 0.3) is 11.0 Å². The second-order valence-corrected chi connectivity index (χ2v) is 8.34. The summed E-state index contributed by atoms with van der Waals surface area (Å²) in [4.78, 5) is 15.9. The molecule has 0 saturated carbocycles. The number of H-pyrrole nitrogens is 1. The van der Waals surface area contributed by atoms with Gasteiger partial charge in [0, 0.05) is 56.9 Å². The van der Waals surface area contributed by atoms with Crippen LogP contribution >= 0.6 is 11.6 Å². The third-order valence-electron chi connectivity index (χ3n) is 6.08. The number of nitrogens with zero attached hydrogens (tertiary/aromatic N) is 4. The number of anilines is 1. The zero-order valence-corrected chi connectivity index (χ0v) is 16.8. The summed E-state index contributed by atoms with van der Waals surface area (Å²) in [5, 5.41) is 0.809. The Hall–Kier alpha value is -2.08. The van der Waals surface area contributed by atoms with Gasteiger partial charge in [-0.25, -0.2) is 4.98 Å². The Morgan fingerprint density at radius 3 is 2.54 bits per heavy atom. The van der Waals surface area contributed by atoms with E-state index in [1.807, 2.05) is 18.2 Å². The third-order valence-corrected chi connectivity index (χ3v) is 6.33. The van der Waals surface area contributed by atoms with Gasteiger partial charge in [0.1, 0.15) is 0 Å². The highest BCUT2D eigenvalue weighted by Gasteiger charge is 2.31. The molecule has 0 spiro atoms. The van der Waals surface area contributed by atoms with E-state index < -0.39 is 0 Å². The molecule has 0 bridgehead atoms. The highest BCUT2D eigenvalue weighted by molar-refractivity contribution is 6.30. The van der Waals surface area contributed by atoms with Crippen molar-refractivity contribution >= 4 is 28.6 Å². The zero-order valence-electron chi connectivity index (χ0n) is 16.0. The van der Waals surface area contributed by atoms with Gasteiger partial charge in [0.15, 0.2) is 0 Å². The number of imidazole rings is 1. The molecule has 5 nitrogen and oxygen atoms in total. The maximum absolute atomic E-state index is 5.99. The summed E-state index contributed by atoms with van der Waals surface area (Å²) >= 11 is 5.99. The van der Waals surface area contributed by atoms with Crippen LogP contribution in [-0.4, -0.2) is 65.1 Å².